The van der Waals surface area contributed by atoms with Gasteiger partial charge in [0.25, 0.3) is 5.56 Å². The van der Waals surface area contributed by atoms with Gasteiger partial charge >= 0.3 is 6.09 Å². The third-order valence-corrected chi connectivity index (χ3v) is 4.78. The number of ether oxygens (including phenoxy) is 1. The Morgan fingerprint density at radius 1 is 1.44 bits per heavy atom. The first-order valence-corrected chi connectivity index (χ1v) is 8.63. The van der Waals surface area contributed by atoms with Gasteiger partial charge in [-0.25, -0.2) is 9.78 Å². The molecule has 1 atom stereocenters. The maximum atomic E-state index is 12.3. The second-order valence-electron chi connectivity index (χ2n) is 8.25. The highest BCUT2D eigenvalue weighted by atomic mass is 35.5. The Balaban J connectivity index is 2.16. The first-order chi connectivity index (χ1) is 11.3. The molecule has 1 aliphatic heterocycles. The quantitative estimate of drug-likeness (QED) is 0.806. The van der Waals surface area contributed by atoms with E-state index in [1.165, 1.54) is 17.0 Å². The molecule has 140 valence electrons. The van der Waals surface area contributed by atoms with Crippen LogP contribution in [0.4, 0.5) is 4.79 Å². The fourth-order valence-electron chi connectivity index (χ4n) is 2.94. The number of rotatable bonds is 2. The Bertz CT molecular complexity index is 711. The van der Waals surface area contributed by atoms with Crippen LogP contribution in [0.3, 0.4) is 0 Å². The van der Waals surface area contributed by atoms with E-state index in [4.69, 9.17) is 16.3 Å². The van der Waals surface area contributed by atoms with Crippen molar-refractivity contribution in [3.63, 3.8) is 0 Å². The molecule has 1 aliphatic rings. The summed E-state index contributed by atoms with van der Waals surface area (Å²) in [5, 5.41) is 11.3. The average molecular weight is 372 g/mol. The zero-order valence-electron chi connectivity index (χ0n) is 15.4. The molecule has 1 saturated heterocycles. The Morgan fingerprint density at radius 3 is 2.60 bits per heavy atom. The van der Waals surface area contributed by atoms with Gasteiger partial charge in [0.05, 0.1) is 18.5 Å². The highest BCUT2D eigenvalue weighted by Crippen LogP contribution is 2.40. The van der Waals surface area contributed by atoms with Crippen molar-refractivity contribution in [2.24, 2.45) is 5.41 Å². The lowest BCUT2D eigenvalue weighted by Gasteiger charge is -2.50. The van der Waals surface area contributed by atoms with Gasteiger partial charge in [0.2, 0.25) is 0 Å². The summed E-state index contributed by atoms with van der Waals surface area (Å²) >= 11 is 5.71. The Kier molecular flexibility index (Phi) is 5.21. The summed E-state index contributed by atoms with van der Waals surface area (Å²) in [5.41, 5.74) is -2.69. The van der Waals surface area contributed by atoms with Crippen molar-refractivity contribution in [3.05, 3.63) is 27.9 Å². The number of hydrogen-bond acceptors (Lipinski definition) is 5. The Labute approximate surface area is 152 Å². The summed E-state index contributed by atoms with van der Waals surface area (Å²) in [5.74, 6) is 0. The summed E-state index contributed by atoms with van der Waals surface area (Å²) in [6.07, 6.45) is 1.26. The second kappa shape index (κ2) is 6.61. The summed E-state index contributed by atoms with van der Waals surface area (Å²) in [6.45, 7) is 9.96. The first kappa shape index (κ1) is 19.7. The second-order valence-corrected chi connectivity index (χ2v) is 8.63. The van der Waals surface area contributed by atoms with E-state index in [0.29, 0.717) is 19.5 Å². The SMILES string of the molecule is CC(C)(C)OC(=O)N1CC[C@@](O)(Cn2cnc(Cl)cc2=O)C(C)(C)C1. The maximum absolute atomic E-state index is 12.3. The first-order valence-electron chi connectivity index (χ1n) is 8.25. The third-order valence-electron chi connectivity index (χ3n) is 4.57. The molecule has 1 N–H and O–H groups in total. The van der Waals surface area contributed by atoms with Gasteiger partial charge in [0, 0.05) is 24.6 Å². The van der Waals surface area contributed by atoms with Crippen LogP contribution in [0.5, 0.6) is 0 Å². The number of aromatic nitrogens is 2. The molecule has 1 fully saturated rings. The van der Waals surface area contributed by atoms with Crippen LogP contribution in [0.25, 0.3) is 0 Å². The van der Waals surface area contributed by atoms with Crippen molar-refractivity contribution in [2.45, 2.75) is 58.8 Å². The van der Waals surface area contributed by atoms with Crippen molar-refractivity contribution in [1.82, 2.24) is 14.5 Å². The minimum atomic E-state index is -1.16. The lowest BCUT2D eigenvalue weighted by atomic mass is 9.70. The summed E-state index contributed by atoms with van der Waals surface area (Å²) in [6, 6.07) is 1.22. The summed E-state index contributed by atoms with van der Waals surface area (Å²) in [7, 11) is 0. The lowest BCUT2D eigenvalue weighted by Crippen LogP contribution is -2.61. The molecule has 0 spiro atoms. The van der Waals surface area contributed by atoms with E-state index in [1.807, 2.05) is 34.6 Å². The highest BCUT2D eigenvalue weighted by Gasteiger charge is 2.49. The fraction of sp³-hybridized carbons (Fsp3) is 0.706. The molecule has 0 bridgehead atoms. The van der Waals surface area contributed by atoms with Gasteiger partial charge in [-0.3, -0.25) is 9.36 Å². The van der Waals surface area contributed by atoms with Gasteiger partial charge in [-0.1, -0.05) is 25.4 Å². The number of carbonyl (C=O) groups is 1. The number of likely N-dealkylation sites (tertiary alicyclic amines) is 1. The number of amides is 1. The van der Waals surface area contributed by atoms with Gasteiger partial charge in [0.1, 0.15) is 10.8 Å². The predicted octanol–water partition coefficient (Wildman–Crippen LogP) is 2.29. The van der Waals surface area contributed by atoms with Crippen molar-refractivity contribution in [1.29, 1.82) is 0 Å². The van der Waals surface area contributed by atoms with E-state index in [0.717, 1.165) is 0 Å². The van der Waals surface area contributed by atoms with Crippen LogP contribution in [0.2, 0.25) is 5.15 Å². The molecule has 7 nitrogen and oxygen atoms in total. The number of nitrogens with zero attached hydrogens (tertiary/aromatic N) is 3. The van der Waals surface area contributed by atoms with Crippen LogP contribution in [-0.4, -0.2) is 49.9 Å². The van der Waals surface area contributed by atoms with E-state index >= 15 is 0 Å². The normalized spacial score (nSPS) is 23.4. The molecular formula is C17H26ClN3O4. The predicted molar refractivity (Wildman–Crippen MR) is 94.7 cm³/mol. The van der Waals surface area contributed by atoms with E-state index < -0.39 is 22.7 Å². The van der Waals surface area contributed by atoms with E-state index in [-0.39, 0.29) is 17.3 Å². The van der Waals surface area contributed by atoms with Crippen molar-refractivity contribution >= 4 is 17.7 Å². The molecule has 0 saturated carbocycles. The Hall–Kier alpha value is -1.60. The Morgan fingerprint density at radius 2 is 2.08 bits per heavy atom. The van der Waals surface area contributed by atoms with Crippen LogP contribution in [-0.2, 0) is 11.3 Å². The highest BCUT2D eigenvalue weighted by molar-refractivity contribution is 6.29. The average Bonchev–Trinajstić information content (AvgIpc) is 2.43. The van der Waals surface area contributed by atoms with Gasteiger partial charge in [0.15, 0.2) is 0 Å². The molecule has 0 radical (unpaired) electrons. The zero-order valence-corrected chi connectivity index (χ0v) is 16.1. The van der Waals surface area contributed by atoms with E-state index in [1.54, 1.807) is 4.90 Å². The molecule has 2 heterocycles. The van der Waals surface area contributed by atoms with Crippen LogP contribution in [0.1, 0.15) is 41.0 Å². The molecule has 1 aromatic rings. The largest absolute Gasteiger partial charge is 0.444 e. The maximum Gasteiger partial charge on any atom is 0.410 e. The van der Waals surface area contributed by atoms with E-state index in [2.05, 4.69) is 4.98 Å². The number of carbonyl (C=O) groups excluding carboxylic acids is 1. The van der Waals surface area contributed by atoms with Gasteiger partial charge in [-0.15, -0.1) is 0 Å². The molecule has 1 aromatic heterocycles. The molecule has 0 aromatic carbocycles. The fourth-order valence-corrected chi connectivity index (χ4v) is 3.08. The number of piperidine rings is 1. The van der Waals surface area contributed by atoms with Gasteiger partial charge in [-0.05, 0) is 27.2 Å². The number of aliphatic hydroxyl groups is 1. The third kappa shape index (κ3) is 4.52. The summed E-state index contributed by atoms with van der Waals surface area (Å²) in [4.78, 5) is 29.8. The van der Waals surface area contributed by atoms with Crippen LogP contribution < -0.4 is 5.56 Å². The molecule has 0 unspecified atom stereocenters. The molecular weight excluding hydrogens is 346 g/mol. The zero-order chi connectivity index (χ0) is 19.0. The van der Waals surface area contributed by atoms with Crippen molar-refractivity contribution in [3.8, 4) is 0 Å². The number of halogens is 1. The smallest absolute Gasteiger partial charge is 0.410 e. The van der Waals surface area contributed by atoms with E-state index in [9.17, 15) is 14.7 Å². The molecule has 8 heteroatoms. The minimum Gasteiger partial charge on any atom is -0.444 e. The number of hydrogen-bond donors (Lipinski definition) is 1. The van der Waals surface area contributed by atoms with Gasteiger partial charge < -0.3 is 14.7 Å². The molecule has 25 heavy (non-hydrogen) atoms. The van der Waals surface area contributed by atoms with Crippen LogP contribution in [0.15, 0.2) is 17.2 Å². The monoisotopic (exact) mass is 371 g/mol. The topological polar surface area (TPSA) is 84.7 Å². The lowest BCUT2D eigenvalue weighted by molar-refractivity contribution is -0.127. The van der Waals surface area contributed by atoms with Crippen LogP contribution >= 0.6 is 11.6 Å². The minimum absolute atomic E-state index is 0.0885. The van der Waals surface area contributed by atoms with Crippen molar-refractivity contribution in [2.75, 3.05) is 13.1 Å². The molecule has 1 amide bonds. The molecule has 2 rings (SSSR count). The van der Waals surface area contributed by atoms with Crippen molar-refractivity contribution < 1.29 is 14.6 Å². The summed E-state index contributed by atoms with van der Waals surface area (Å²) < 4.78 is 6.76. The molecule has 0 aliphatic carbocycles. The van der Waals surface area contributed by atoms with Crippen LogP contribution in [0, 0.1) is 5.41 Å². The standard InChI is InChI=1S/C17H26ClN3O4/c1-15(2,3)25-14(23)20-7-6-17(24,16(4,5)9-20)10-21-11-19-12(18)8-13(21)22/h8,11,24H,6-7,9-10H2,1-5H3/t17-/m1/s1. The van der Waals surface area contributed by atoms with Gasteiger partial charge in [-0.2, -0.15) is 0 Å².